The first kappa shape index (κ1) is 16.0. The zero-order valence-electron chi connectivity index (χ0n) is 15.0. The van der Waals surface area contributed by atoms with Crippen molar-refractivity contribution < 1.29 is 0 Å². The van der Waals surface area contributed by atoms with Crippen molar-refractivity contribution in [2.24, 2.45) is 0 Å². The van der Waals surface area contributed by atoms with Crippen molar-refractivity contribution in [1.29, 1.82) is 0 Å². The van der Waals surface area contributed by atoms with Crippen molar-refractivity contribution in [1.82, 2.24) is 0 Å². The molecule has 1 atom stereocenters. The van der Waals surface area contributed by atoms with Crippen molar-refractivity contribution in [3.8, 4) is 0 Å². The summed E-state index contributed by atoms with van der Waals surface area (Å²) in [5.74, 6) is 0. The lowest BCUT2D eigenvalue weighted by Crippen LogP contribution is -2.44. The molecule has 0 aliphatic heterocycles. The molecule has 0 bridgehead atoms. The first-order valence-electron chi connectivity index (χ1n) is 9.11. The summed E-state index contributed by atoms with van der Waals surface area (Å²) in [5, 5.41) is 3.90. The van der Waals surface area contributed by atoms with Crippen LogP contribution in [0.25, 0.3) is 0 Å². The summed E-state index contributed by atoms with van der Waals surface area (Å²) >= 11 is 0. The lowest BCUT2D eigenvalue weighted by Gasteiger charge is -2.47. The third-order valence-corrected chi connectivity index (χ3v) is 5.64. The Kier molecular flexibility index (Phi) is 3.88. The molecule has 1 heteroatoms. The van der Waals surface area contributed by atoms with Gasteiger partial charge in [-0.25, -0.2) is 0 Å². The molecule has 1 N–H and O–H groups in total. The van der Waals surface area contributed by atoms with Gasteiger partial charge in [0.25, 0.3) is 0 Å². The Morgan fingerprint density at radius 2 is 1.20 bits per heavy atom. The molecule has 0 amide bonds. The number of benzene rings is 3. The van der Waals surface area contributed by atoms with Crippen LogP contribution in [-0.2, 0) is 11.0 Å². The maximum atomic E-state index is 3.90. The SMILES string of the molecule is CC1(C)CCC(Nc2ccccc2)(c2ccccc2)c2ccccc21. The third-order valence-electron chi connectivity index (χ3n) is 5.64. The van der Waals surface area contributed by atoms with Gasteiger partial charge >= 0.3 is 0 Å². The number of hydrogen-bond acceptors (Lipinski definition) is 1. The molecule has 1 aliphatic rings. The number of nitrogens with one attached hydrogen (secondary N) is 1. The van der Waals surface area contributed by atoms with Gasteiger partial charge in [0.2, 0.25) is 0 Å². The minimum Gasteiger partial charge on any atom is -0.372 e. The number of fused-ring (bicyclic) bond motifs is 1. The van der Waals surface area contributed by atoms with E-state index in [4.69, 9.17) is 0 Å². The van der Waals surface area contributed by atoms with E-state index in [1.54, 1.807) is 0 Å². The van der Waals surface area contributed by atoms with Gasteiger partial charge < -0.3 is 5.32 Å². The molecule has 1 aliphatic carbocycles. The highest BCUT2D eigenvalue weighted by Gasteiger charge is 2.43. The molecule has 0 radical (unpaired) electrons. The molecule has 0 spiro atoms. The van der Waals surface area contributed by atoms with Crippen molar-refractivity contribution in [3.05, 3.63) is 102 Å². The van der Waals surface area contributed by atoms with E-state index in [2.05, 4.69) is 104 Å². The predicted octanol–water partition coefficient (Wildman–Crippen LogP) is 6.11. The molecule has 0 saturated carbocycles. The molecular formula is C24H25N. The van der Waals surface area contributed by atoms with E-state index in [-0.39, 0.29) is 11.0 Å². The minimum atomic E-state index is -0.186. The highest BCUT2D eigenvalue weighted by atomic mass is 15.0. The lowest BCUT2D eigenvalue weighted by atomic mass is 9.63. The van der Waals surface area contributed by atoms with Crippen LogP contribution in [0.2, 0.25) is 0 Å². The average molecular weight is 327 g/mol. The number of anilines is 1. The summed E-state index contributed by atoms with van der Waals surface area (Å²) in [6.45, 7) is 4.73. The Morgan fingerprint density at radius 3 is 1.88 bits per heavy atom. The van der Waals surface area contributed by atoms with Crippen molar-refractivity contribution in [2.45, 2.75) is 37.6 Å². The van der Waals surface area contributed by atoms with Crippen molar-refractivity contribution in [3.63, 3.8) is 0 Å². The number of para-hydroxylation sites is 1. The first-order valence-corrected chi connectivity index (χ1v) is 9.11. The van der Waals surface area contributed by atoms with Gasteiger partial charge in [-0.2, -0.15) is 0 Å². The van der Waals surface area contributed by atoms with Crippen LogP contribution in [0.5, 0.6) is 0 Å². The molecule has 0 saturated heterocycles. The van der Waals surface area contributed by atoms with Crippen LogP contribution in [0.15, 0.2) is 84.9 Å². The molecule has 126 valence electrons. The van der Waals surface area contributed by atoms with E-state index in [9.17, 15) is 0 Å². The maximum Gasteiger partial charge on any atom is 0.0882 e. The fourth-order valence-electron chi connectivity index (χ4n) is 4.21. The molecular weight excluding hydrogens is 302 g/mol. The largest absolute Gasteiger partial charge is 0.372 e. The summed E-state index contributed by atoms with van der Waals surface area (Å²) in [5.41, 5.74) is 5.37. The summed E-state index contributed by atoms with van der Waals surface area (Å²) in [6.07, 6.45) is 2.23. The lowest BCUT2D eigenvalue weighted by molar-refractivity contribution is 0.356. The van der Waals surface area contributed by atoms with Crippen LogP contribution in [0, 0.1) is 0 Å². The second-order valence-electron chi connectivity index (χ2n) is 7.69. The molecule has 0 aromatic heterocycles. The third kappa shape index (κ3) is 2.74. The molecule has 0 heterocycles. The van der Waals surface area contributed by atoms with Crippen molar-refractivity contribution >= 4 is 5.69 Å². The van der Waals surface area contributed by atoms with Gasteiger partial charge in [0.1, 0.15) is 0 Å². The Hall–Kier alpha value is -2.54. The fourth-order valence-corrected chi connectivity index (χ4v) is 4.21. The molecule has 1 nitrogen and oxygen atoms in total. The van der Waals surface area contributed by atoms with Gasteiger partial charge in [0, 0.05) is 5.69 Å². The fraction of sp³-hybridized carbons (Fsp3) is 0.250. The second kappa shape index (κ2) is 6.07. The summed E-state index contributed by atoms with van der Waals surface area (Å²) in [7, 11) is 0. The average Bonchev–Trinajstić information content (AvgIpc) is 2.66. The highest BCUT2D eigenvalue weighted by Crippen LogP contribution is 2.49. The zero-order valence-corrected chi connectivity index (χ0v) is 15.0. The topological polar surface area (TPSA) is 12.0 Å². The molecule has 4 rings (SSSR count). The summed E-state index contributed by atoms with van der Waals surface area (Å²) in [4.78, 5) is 0. The summed E-state index contributed by atoms with van der Waals surface area (Å²) < 4.78 is 0. The summed E-state index contributed by atoms with van der Waals surface area (Å²) in [6, 6.07) is 30.4. The van der Waals surface area contributed by atoms with Crippen LogP contribution in [0.3, 0.4) is 0 Å². The zero-order chi connectivity index (χ0) is 17.3. The van der Waals surface area contributed by atoms with E-state index in [0.717, 1.165) is 12.8 Å². The van der Waals surface area contributed by atoms with Crippen molar-refractivity contribution in [2.75, 3.05) is 5.32 Å². The minimum absolute atomic E-state index is 0.186. The second-order valence-corrected chi connectivity index (χ2v) is 7.69. The molecule has 3 aromatic carbocycles. The Bertz CT molecular complexity index is 852. The first-order chi connectivity index (χ1) is 12.1. The van der Waals surface area contributed by atoms with E-state index in [0.29, 0.717) is 0 Å². The highest BCUT2D eigenvalue weighted by molar-refractivity contribution is 5.57. The smallest absolute Gasteiger partial charge is 0.0882 e. The van der Waals surface area contributed by atoms with E-state index in [1.807, 2.05) is 0 Å². The molecule has 3 aromatic rings. The van der Waals surface area contributed by atoms with E-state index < -0.39 is 0 Å². The van der Waals surface area contributed by atoms with Crippen LogP contribution < -0.4 is 5.32 Å². The molecule has 1 unspecified atom stereocenters. The number of rotatable bonds is 3. The quantitative estimate of drug-likeness (QED) is 0.611. The Labute approximate surface area is 150 Å². The molecule has 25 heavy (non-hydrogen) atoms. The van der Waals surface area contributed by atoms with Gasteiger partial charge in [0.05, 0.1) is 5.54 Å². The van der Waals surface area contributed by atoms with Gasteiger partial charge in [0.15, 0.2) is 0 Å². The maximum absolute atomic E-state index is 3.90. The van der Waals surface area contributed by atoms with Crippen LogP contribution in [0.1, 0.15) is 43.4 Å². The van der Waals surface area contributed by atoms with Gasteiger partial charge in [-0.15, -0.1) is 0 Å². The van der Waals surface area contributed by atoms with Crippen LogP contribution in [-0.4, -0.2) is 0 Å². The normalized spacial score (nSPS) is 21.4. The Morgan fingerprint density at radius 1 is 0.640 bits per heavy atom. The predicted molar refractivity (Wildman–Crippen MR) is 106 cm³/mol. The van der Waals surface area contributed by atoms with Crippen LogP contribution >= 0.6 is 0 Å². The van der Waals surface area contributed by atoms with E-state index in [1.165, 1.54) is 22.4 Å². The standard InChI is InChI=1S/C24H25N/c1-23(2)17-18-24(19-11-5-3-6-12-19,22-16-10-9-15-21(22)23)25-20-13-7-4-8-14-20/h3-16,25H,17-18H2,1-2H3. The van der Waals surface area contributed by atoms with Crippen LogP contribution in [0.4, 0.5) is 5.69 Å². The molecule has 0 fully saturated rings. The van der Waals surface area contributed by atoms with Gasteiger partial charge in [-0.05, 0) is 47.1 Å². The Balaban J connectivity index is 1.93. The monoisotopic (exact) mass is 327 g/mol. The van der Waals surface area contributed by atoms with Gasteiger partial charge in [-0.3, -0.25) is 0 Å². The van der Waals surface area contributed by atoms with Gasteiger partial charge in [-0.1, -0.05) is 86.6 Å². The van der Waals surface area contributed by atoms with E-state index >= 15 is 0 Å². The number of hydrogen-bond donors (Lipinski definition) is 1.